The fraction of sp³-hybridized carbons (Fsp3) is 0.448. The lowest BCUT2D eigenvalue weighted by atomic mass is 10.00. The molecule has 3 N–H and O–H groups in total. The zero-order valence-corrected chi connectivity index (χ0v) is 21.9. The molecule has 0 aliphatic carbocycles. The molecule has 2 unspecified atom stereocenters. The summed E-state index contributed by atoms with van der Waals surface area (Å²) in [6, 6.07) is 12.5. The van der Waals surface area contributed by atoms with Gasteiger partial charge in [-0.3, -0.25) is 9.48 Å². The first-order valence-corrected chi connectivity index (χ1v) is 13.5. The fourth-order valence-corrected chi connectivity index (χ4v) is 5.50. The number of aliphatic carboxylic acids is 1. The van der Waals surface area contributed by atoms with Crippen LogP contribution in [0.4, 0.5) is 5.82 Å². The van der Waals surface area contributed by atoms with Crippen LogP contribution in [0.15, 0.2) is 48.7 Å². The second-order valence-corrected chi connectivity index (χ2v) is 10.4. The number of carbonyl (C=O) groups is 2. The summed E-state index contributed by atoms with van der Waals surface area (Å²) >= 11 is 0. The van der Waals surface area contributed by atoms with Crippen LogP contribution in [0.1, 0.15) is 47.3 Å². The highest BCUT2D eigenvalue weighted by Gasteiger charge is 2.26. The Morgan fingerprint density at radius 2 is 2.13 bits per heavy atom. The summed E-state index contributed by atoms with van der Waals surface area (Å²) in [5.74, 6) is 0.234. The summed E-state index contributed by atoms with van der Waals surface area (Å²) in [7, 11) is 1.84. The van der Waals surface area contributed by atoms with Gasteiger partial charge in [-0.15, -0.1) is 0 Å². The van der Waals surface area contributed by atoms with Crippen molar-refractivity contribution < 1.29 is 14.7 Å². The maximum absolute atomic E-state index is 12.9. The van der Waals surface area contributed by atoms with Crippen LogP contribution in [-0.2, 0) is 24.7 Å². The van der Waals surface area contributed by atoms with Crippen LogP contribution in [0.2, 0.25) is 0 Å². The fourth-order valence-electron chi connectivity index (χ4n) is 5.50. The van der Waals surface area contributed by atoms with Gasteiger partial charge in [0.1, 0.15) is 11.9 Å². The van der Waals surface area contributed by atoms with Crippen LogP contribution in [0, 0.1) is 5.92 Å². The maximum atomic E-state index is 12.9. The smallest absolute Gasteiger partial charge is 0.326 e. The van der Waals surface area contributed by atoms with Crippen molar-refractivity contribution in [3.8, 4) is 11.3 Å². The van der Waals surface area contributed by atoms with Crippen molar-refractivity contribution in [2.75, 3.05) is 31.5 Å². The number of carboxylic acids is 1. The molecule has 38 heavy (non-hydrogen) atoms. The molecule has 4 heterocycles. The van der Waals surface area contributed by atoms with Crippen molar-refractivity contribution in [2.24, 2.45) is 13.0 Å². The Labute approximate surface area is 223 Å². The number of carbonyl (C=O) groups excluding carboxylic acids is 1. The van der Waals surface area contributed by atoms with Gasteiger partial charge in [-0.05, 0) is 80.8 Å². The molecular formula is C29H36N6O3. The number of likely N-dealkylation sites (tertiary alicyclic amines) is 1. The third-order valence-corrected chi connectivity index (χ3v) is 7.71. The van der Waals surface area contributed by atoms with Gasteiger partial charge in [0.2, 0.25) is 0 Å². The van der Waals surface area contributed by atoms with Crippen molar-refractivity contribution in [2.45, 2.75) is 44.6 Å². The molecule has 5 rings (SSSR count). The summed E-state index contributed by atoms with van der Waals surface area (Å²) in [5.41, 5.74) is 4.62. The minimum absolute atomic E-state index is 0.368. The van der Waals surface area contributed by atoms with E-state index in [0.717, 1.165) is 74.5 Å². The number of nitrogens with one attached hydrogen (secondary N) is 2. The predicted molar refractivity (Wildman–Crippen MR) is 146 cm³/mol. The molecule has 2 aromatic heterocycles. The highest BCUT2D eigenvalue weighted by molar-refractivity contribution is 5.97. The molecule has 9 heteroatoms. The van der Waals surface area contributed by atoms with Crippen molar-refractivity contribution >= 4 is 17.7 Å². The number of amides is 1. The number of pyridine rings is 1. The molecule has 0 spiro atoms. The van der Waals surface area contributed by atoms with Gasteiger partial charge in [0.15, 0.2) is 0 Å². The van der Waals surface area contributed by atoms with Gasteiger partial charge >= 0.3 is 5.97 Å². The SMILES string of the molecule is Cn1nccc1-c1cccc(C(=O)NC(CCN2CCC(CCc3ccc4c(n3)NCCC4)C2)C(=O)O)c1. The Morgan fingerprint density at radius 1 is 1.24 bits per heavy atom. The quantitative estimate of drug-likeness (QED) is 0.379. The van der Waals surface area contributed by atoms with Crippen molar-refractivity contribution in [1.82, 2.24) is 25.0 Å². The molecule has 200 valence electrons. The lowest BCUT2D eigenvalue weighted by molar-refractivity contribution is -0.139. The minimum Gasteiger partial charge on any atom is -0.480 e. The van der Waals surface area contributed by atoms with E-state index in [4.69, 9.17) is 4.98 Å². The number of aryl methyl sites for hydroxylation is 3. The molecule has 1 saturated heterocycles. The minimum atomic E-state index is -1.01. The molecule has 2 aliphatic heterocycles. The molecule has 2 aliphatic rings. The van der Waals surface area contributed by atoms with Crippen LogP contribution >= 0.6 is 0 Å². The second kappa shape index (κ2) is 11.8. The Bertz CT molecular complexity index is 1290. The first-order chi connectivity index (χ1) is 18.5. The van der Waals surface area contributed by atoms with E-state index in [1.54, 1.807) is 29.1 Å². The number of fused-ring (bicyclic) bond motifs is 1. The number of nitrogens with zero attached hydrogens (tertiary/aromatic N) is 4. The Balaban J connectivity index is 1.10. The Kier molecular flexibility index (Phi) is 8.03. The summed E-state index contributed by atoms with van der Waals surface area (Å²) in [5, 5.41) is 20.1. The topological polar surface area (TPSA) is 112 Å². The molecule has 1 aromatic carbocycles. The largest absolute Gasteiger partial charge is 0.480 e. The lowest BCUT2D eigenvalue weighted by Crippen LogP contribution is -2.43. The van der Waals surface area contributed by atoms with E-state index in [9.17, 15) is 14.7 Å². The van der Waals surface area contributed by atoms with Gasteiger partial charge in [-0.25, -0.2) is 9.78 Å². The number of hydrogen-bond acceptors (Lipinski definition) is 6. The van der Waals surface area contributed by atoms with Gasteiger partial charge in [0.05, 0.1) is 5.69 Å². The predicted octanol–water partition coefficient (Wildman–Crippen LogP) is 3.37. The molecule has 0 radical (unpaired) electrons. The van der Waals surface area contributed by atoms with E-state index in [1.807, 2.05) is 19.2 Å². The highest BCUT2D eigenvalue weighted by atomic mass is 16.4. The third-order valence-electron chi connectivity index (χ3n) is 7.71. The van der Waals surface area contributed by atoms with E-state index in [1.165, 1.54) is 5.56 Å². The van der Waals surface area contributed by atoms with Crippen LogP contribution < -0.4 is 10.6 Å². The van der Waals surface area contributed by atoms with Crippen LogP contribution in [0.3, 0.4) is 0 Å². The first-order valence-electron chi connectivity index (χ1n) is 13.5. The van der Waals surface area contributed by atoms with E-state index in [2.05, 4.69) is 32.8 Å². The second-order valence-electron chi connectivity index (χ2n) is 10.4. The molecule has 0 saturated carbocycles. The standard InChI is InChI=1S/C29H36N6O3/c1-34-26(11-15-31-34)22-4-2-5-23(18-22)28(36)33-25(29(37)38)13-17-35-16-12-20(19-35)7-9-24-10-8-21-6-3-14-30-27(21)32-24/h2,4-5,8,10-11,15,18,20,25H,3,6-7,9,12-14,16-17,19H2,1H3,(H,30,32)(H,33,36)(H,37,38). The molecule has 3 aromatic rings. The summed E-state index contributed by atoms with van der Waals surface area (Å²) in [6.45, 7) is 3.55. The summed E-state index contributed by atoms with van der Waals surface area (Å²) in [6.07, 6.45) is 7.48. The zero-order chi connectivity index (χ0) is 26.5. The molecular weight excluding hydrogens is 480 g/mol. The van der Waals surface area contributed by atoms with Gasteiger partial charge in [0, 0.05) is 49.7 Å². The van der Waals surface area contributed by atoms with E-state index >= 15 is 0 Å². The molecule has 1 amide bonds. The van der Waals surface area contributed by atoms with Crippen LogP contribution in [0.25, 0.3) is 11.3 Å². The Morgan fingerprint density at radius 3 is 2.95 bits per heavy atom. The lowest BCUT2D eigenvalue weighted by Gasteiger charge is -2.20. The third kappa shape index (κ3) is 6.22. The van der Waals surface area contributed by atoms with E-state index < -0.39 is 12.0 Å². The van der Waals surface area contributed by atoms with Crippen LogP contribution in [0.5, 0.6) is 0 Å². The number of carboxylic acid groups (broad SMARTS) is 1. The van der Waals surface area contributed by atoms with E-state index in [-0.39, 0.29) is 5.91 Å². The molecule has 0 bridgehead atoms. The highest BCUT2D eigenvalue weighted by Crippen LogP contribution is 2.24. The van der Waals surface area contributed by atoms with Crippen molar-refractivity contribution in [1.29, 1.82) is 0 Å². The maximum Gasteiger partial charge on any atom is 0.326 e. The monoisotopic (exact) mass is 516 g/mol. The zero-order valence-electron chi connectivity index (χ0n) is 21.9. The number of hydrogen-bond donors (Lipinski definition) is 3. The average molecular weight is 517 g/mol. The van der Waals surface area contributed by atoms with Crippen molar-refractivity contribution in [3.63, 3.8) is 0 Å². The normalized spacial score (nSPS) is 18.0. The number of benzene rings is 1. The molecule has 9 nitrogen and oxygen atoms in total. The molecule has 1 fully saturated rings. The Hall–Kier alpha value is -3.72. The van der Waals surface area contributed by atoms with Gasteiger partial charge in [-0.1, -0.05) is 18.2 Å². The summed E-state index contributed by atoms with van der Waals surface area (Å²) < 4.78 is 1.74. The van der Waals surface area contributed by atoms with Crippen LogP contribution in [-0.4, -0.2) is 68.9 Å². The number of rotatable bonds is 10. The molecule has 2 atom stereocenters. The van der Waals surface area contributed by atoms with Gasteiger partial charge in [0.25, 0.3) is 5.91 Å². The first kappa shape index (κ1) is 25.9. The van der Waals surface area contributed by atoms with E-state index in [0.29, 0.717) is 24.4 Å². The summed E-state index contributed by atoms with van der Waals surface area (Å²) in [4.78, 5) is 32.0. The van der Waals surface area contributed by atoms with Gasteiger partial charge in [-0.2, -0.15) is 5.10 Å². The average Bonchev–Trinajstić information content (AvgIpc) is 3.58. The number of aromatic nitrogens is 3. The van der Waals surface area contributed by atoms with Gasteiger partial charge < -0.3 is 20.6 Å². The number of anilines is 1. The van der Waals surface area contributed by atoms with Crippen molar-refractivity contribution in [3.05, 3.63) is 65.5 Å².